The van der Waals surface area contributed by atoms with Crippen LogP contribution in [0.1, 0.15) is 16.1 Å². The topological polar surface area (TPSA) is 131 Å². The summed E-state index contributed by atoms with van der Waals surface area (Å²) in [6.45, 7) is 3.73. The summed E-state index contributed by atoms with van der Waals surface area (Å²) >= 11 is 0. The van der Waals surface area contributed by atoms with Gasteiger partial charge in [0.05, 0.1) is 27.9 Å². The van der Waals surface area contributed by atoms with Crippen molar-refractivity contribution in [2.24, 2.45) is 0 Å². The van der Waals surface area contributed by atoms with E-state index in [0.29, 0.717) is 5.69 Å². The molecule has 0 amide bonds. The fourth-order valence-corrected chi connectivity index (χ4v) is 2.24. The number of nitrogens with one attached hydrogen (secondary N) is 1. The van der Waals surface area contributed by atoms with Crippen molar-refractivity contribution in [2.45, 2.75) is 0 Å². The number of carbonyl (C=O) groups is 1. The van der Waals surface area contributed by atoms with Crippen molar-refractivity contribution in [3.63, 3.8) is 0 Å². The molecule has 0 atom stereocenters. The molecule has 0 spiro atoms. The molecule has 0 saturated carbocycles. The Morgan fingerprint density at radius 2 is 1.96 bits per heavy atom. The molecule has 2 aromatic heterocycles. The third kappa shape index (κ3) is 2.98. The summed E-state index contributed by atoms with van der Waals surface area (Å²) in [6, 6.07) is 8.24. The number of carboxylic acids is 1. The number of aromatic amines is 1. The van der Waals surface area contributed by atoms with Crippen molar-refractivity contribution >= 4 is 24.5 Å². The van der Waals surface area contributed by atoms with Crippen LogP contribution in [-0.4, -0.2) is 25.8 Å². The average Bonchev–Trinajstić information content (AvgIpc) is 3.15. The third-order valence-electron chi connectivity index (χ3n) is 3.46. The van der Waals surface area contributed by atoms with Crippen molar-refractivity contribution in [3.8, 4) is 5.69 Å². The normalized spacial score (nSPS) is 11.6. The van der Waals surface area contributed by atoms with Gasteiger partial charge in [0.15, 0.2) is 0 Å². The Kier molecular flexibility index (Phi) is 3.82. The van der Waals surface area contributed by atoms with Crippen LogP contribution in [0.2, 0.25) is 0 Å². The second-order valence-corrected chi connectivity index (χ2v) is 5.07. The predicted molar refractivity (Wildman–Crippen MR) is 87.1 cm³/mol. The lowest BCUT2D eigenvalue weighted by Gasteiger charge is -2.01. The minimum absolute atomic E-state index is 0.0906. The van der Waals surface area contributed by atoms with Gasteiger partial charge >= 0.3 is 11.9 Å². The lowest BCUT2D eigenvalue weighted by atomic mass is 10.2. The van der Waals surface area contributed by atoms with Gasteiger partial charge in [0.25, 0.3) is 5.56 Å². The van der Waals surface area contributed by atoms with Gasteiger partial charge in [-0.2, -0.15) is 0 Å². The SMILES string of the molecule is C=c1[nH]n(-c2ccc(C(=O)O)cc2)c(=O)c1=Cc1ccc([N+](=O)[O-])o1. The summed E-state index contributed by atoms with van der Waals surface area (Å²) in [6.07, 6.45) is 1.34. The molecule has 126 valence electrons. The van der Waals surface area contributed by atoms with Crippen LogP contribution >= 0.6 is 0 Å². The van der Waals surface area contributed by atoms with Crippen LogP contribution in [-0.2, 0) is 0 Å². The number of benzene rings is 1. The van der Waals surface area contributed by atoms with Crippen molar-refractivity contribution in [2.75, 3.05) is 0 Å². The highest BCUT2D eigenvalue weighted by atomic mass is 16.6. The van der Waals surface area contributed by atoms with Gasteiger partial charge in [-0.1, -0.05) is 6.58 Å². The highest BCUT2D eigenvalue weighted by molar-refractivity contribution is 5.87. The maximum Gasteiger partial charge on any atom is 0.433 e. The smallest absolute Gasteiger partial charge is 0.433 e. The Morgan fingerprint density at radius 3 is 2.52 bits per heavy atom. The van der Waals surface area contributed by atoms with Crippen molar-refractivity contribution in [1.82, 2.24) is 9.78 Å². The van der Waals surface area contributed by atoms with E-state index in [9.17, 15) is 19.7 Å². The molecule has 1 aromatic carbocycles. The average molecular weight is 341 g/mol. The Bertz CT molecular complexity index is 1130. The first kappa shape index (κ1) is 16.0. The zero-order chi connectivity index (χ0) is 18.1. The van der Waals surface area contributed by atoms with E-state index in [1.807, 2.05) is 0 Å². The first-order valence-corrected chi connectivity index (χ1v) is 6.96. The van der Waals surface area contributed by atoms with E-state index in [-0.39, 0.29) is 21.9 Å². The van der Waals surface area contributed by atoms with Gasteiger partial charge in [-0.3, -0.25) is 20.0 Å². The molecule has 3 aromatic rings. The number of hydrogen-bond acceptors (Lipinski definition) is 5. The van der Waals surface area contributed by atoms with Gasteiger partial charge in [0.1, 0.15) is 10.7 Å². The number of hydrogen-bond donors (Lipinski definition) is 2. The molecule has 25 heavy (non-hydrogen) atoms. The monoisotopic (exact) mass is 341 g/mol. The molecule has 0 radical (unpaired) electrons. The lowest BCUT2D eigenvalue weighted by Crippen LogP contribution is -2.33. The van der Waals surface area contributed by atoms with Gasteiger partial charge < -0.3 is 9.52 Å². The Labute approximate surface area is 138 Å². The molecule has 0 bridgehead atoms. The first-order chi connectivity index (χ1) is 11.9. The summed E-state index contributed by atoms with van der Waals surface area (Å²) in [5, 5.41) is 22.8. The van der Waals surface area contributed by atoms with Crippen molar-refractivity contribution in [3.05, 3.63) is 78.8 Å². The molecule has 9 heteroatoms. The Balaban J connectivity index is 2.08. The highest BCUT2D eigenvalue weighted by Crippen LogP contribution is 2.15. The number of aromatic nitrogens is 2. The maximum atomic E-state index is 12.5. The fraction of sp³-hybridized carbons (Fsp3) is 0. The van der Waals surface area contributed by atoms with E-state index < -0.39 is 22.3 Å². The summed E-state index contributed by atoms with van der Waals surface area (Å²) in [5.41, 5.74) is 0.0602. The number of carboxylic acid groups (broad SMARTS) is 1. The van der Waals surface area contributed by atoms with Crippen LogP contribution in [0.4, 0.5) is 5.88 Å². The molecule has 0 aliphatic rings. The van der Waals surface area contributed by atoms with E-state index in [2.05, 4.69) is 11.7 Å². The van der Waals surface area contributed by atoms with Gasteiger partial charge in [-0.15, -0.1) is 0 Å². The quantitative estimate of drug-likeness (QED) is 0.528. The van der Waals surface area contributed by atoms with Crippen molar-refractivity contribution < 1.29 is 19.2 Å². The second-order valence-electron chi connectivity index (χ2n) is 5.07. The van der Waals surface area contributed by atoms with Gasteiger partial charge in [-0.25, -0.2) is 9.48 Å². The predicted octanol–water partition coefficient (Wildman–Crippen LogP) is 0.604. The first-order valence-electron chi connectivity index (χ1n) is 6.96. The van der Waals surface area contributed by atoms with Crippen LogP contribution in [0.5, 0.6) is 0 Å². The molecule has 0 saturated heterocycles. The van der Waals surface area contributed by atoms with E-state index in [1.54, 1.807) is 0 Å². The van der Waals surface area contributed by atoms with E-state index >= 15 is 0 Å². The summed E-state index contributed by atoms with van der Waals surface area (Å²) in [4.78, 5) is 33.4. The lowest BCUT2D eigenvalue weighted by molar-refractivity contribution is -0.402. The van der Waals surface area contributed by atoms with Crippen LogP contribution in [0.3, 0.4) is 0 Å². The Hall–Kier alpha value is -3.88. The minimum Gasteiger partial charge on any atom is -0.478 e. The molecule has 0 unspecified atom stereocenters. The van der Waals surface area contributed by atoms with E-state index in [0.717, 1.165) is 0 Å². The summed E-state index contributed by atoms with van der Waals surface area (Å²) in [7, 11) is 0. The number of rotatable bonds is 4. The molecule has 0 aliphatic carbocycles. The van der Waals surface area contributed by atoms with Gasteiger partial charge in [0.2, 0.25) is 0 Å². The third-order valence-corrected chi connectivity index (χ3v) is 3.46. The van der Waals surface area contributed by atoms with E-state index in [4.69, 9.17) is 9.52 Å². The van der Waals surface area contributed by atoms with Gasteiger partial charge in [0, 0.05) is 0 Å². The number of H-pyrrole nitrogens is 1. The molecule has 0 aliphatic heterocycles. The van der Waals surface area contributed by atoms with Gasteiger partial charge in [-0.05, 0) is 36.4 Å². The molecule has 2 heterocycles. The van der Waals surface area contributed by atoms with Crippen LogP contribution in [0.25, 0.3) is 18.3 Å². The zero-order valence-electron chi connectivity index (χ0n) is 12.6. The number of furan rings is 1. The van der Waals surface area contributed by atoms with Crippen molar-refractivity contribution in [1.29, 1.82) is 0 Å². The summed E-state index contributed by atoms with van der Waals surface area (Å²) in [5.74, 6) is -1.37. The molecule has 2 N–H and O–H groups in total. The molecular weight excluding hydrogens is 330 g/mol. The standard InChI is InChI=1S/C16H11N3O6/c1-9-13(8-12-6-7-14(25-12)19(23)24)15(20)18(17-9)11-4-2-10(3-5-11)16(21)22/h2-8,17H,1H2,(H,21,22). The molecular formula is C16H11N3O6. The van der Waals surface area contributed by atoms with Crippen LogP contribution in [0, 0.1) is 10.1 Å². The second kappa shape index (κ2) is 5.96. The van der Waals surface area contributed by atoms with Crippen LogP contribution < -0.4 is 16.1 Å². The van der Waals surface area contributed by atoms with E-state index in [1.165, 1.54) is 47.2 Å². The fourth-order valence-electron chi connectivity index (χ4n) is 2.24. The minimum atomic E-state index is -1.07. The number of nitrogens with zero attached hydrogens (tertiary/aromatic N) is 2. The molecule has 3 rings (SSSR count). The Morgan fingerprint density at radius 1 is 1.28 bits per heavy atom. The molecule has 9 nitrogen and oxygen atoms in total. The number of nitro groups is 1. The molecule has 0 fully saturated rings. The maximum absolute atomic E-state index is 12.5. The summed E-state index contributed by atoms with van der Waals surface area (Å²) < 4.78 is 6.20. The van der Waals surface area contributed by atoms with Crippen LogP contribution in [0.15, 0.2) is 45.6 Å². The zero-order valence-corrected chi connectivity index (χ0v) is 12.6. The number of aromatic carboxylic acids is 1. The highest BCUT2D eigenvalue weighted by Gasteiger charge is 2.12. The largest absolute Gasteiger partial charge is 0.478 e.